The molecule has 19 heavy (non-hydrogen) atoms. The molecule has 0 aromatic heterocycles. The number of hydrogen-bond acceptors (Lipinski definition) is 2. The third-order valence-corrected chi connectivity index (χ3v) is 4.21. The van der Waals surface area contributed by atoms with Gasteiger partial charge in [0.1, 0.15) is 5.75 Å². The summed E-state index contributed by atoms with van der Waals surface area (Å²) < 4.78 is 7.41. The lowest BCUT2D eigenvalue weighted by atomic mass is 9.99. The Morgan fingerprint density at radius 1 is 1.16 bits per heavy atom. The van der Waals surface area contributed by atoms with E-state index in [9.17, 15) is 0 Å². The van der Waals surface area contributed by atoms with Crippen LogP contribution in [0.4, 0.5) is 0 Å². The molecular formula is C15H15Br2NO. The maximum absolute atomic E-state index is 6.31. The van der Waals surface area contributed by atoms with Crippen molar-refractivity contribution < 1.29 is 4.74 Å². The van der Waals surface area contributed by atoms with Crippen LogP contribution >= 0.6 is 31.9 Å². The van der Waals surface area contributed by atoms with E-state index in [-0.39, 0.29) is 6.04 Å². The molecule has 0 heterocycles. The topological polar surface area (TPSA) is 35.2 Å². The summed E-state index contributed by atoms with van der Waals surface area (Å²) in [4.78, 5) is 0. The quantitative estimate of drug-likeness (QED) is 0.844. The monoisotopic (exact) mass is 383 g/mol. The van der Waals surface area contributed by atoms with E-state index in [1.54, 1.807) is 7.11 Å². The Hall–Kier alpha value is -0.840. The molecule has 2 N–H and O–H groups in total. The van der Waals surface area contributed by atoms with E-state index in [1.165, 1.54) is 0 Å². The largest absolute Gasteiger partial charge is 0.496 e. The number of methoxy groups -OCH3 is 1. The van der Waals surface area contributed by atoms with E-state index in [4.69, 9.17) is 10.5 Å². The Bertz CT molecular complexity index is 572. The number of hydrogen-bond donors (Lipinski definition) is 1. The predicted molar refractivity (Wildman–Crippen MR) is 85.5 cm³/mol. The summed E-state index contributed by atoms with van der Waals surface area (Å²) in [5.74, 6) is 0.879. The van der Waals surface area contributed by atoms with Crippen molar-refractivity contribution in [2.45, 2.75) is 12.5 Å². The molecule has 2 nitrogen and oxygen atoms in total. The number of rotatable bonds is 4. The van der Waals surface area contributed by atoms with Gasteiger partial charge in [0.25, 0.3) is 0 Å². The molecular weight excluding hydrogens is 370 g/mol. The van der Waals surface area contributed by atoms with Gasteiger partial charge in [-0.3, -0.25) is 0 Å². The average Bonchev–Trinajstić information content (AvgIpc) is 2.42. The smallest absolute Gasteiger partial charge is 0.122 e. The van der Waals surface area contributed by atoms with Crippen molar-refractivity contribution >= 4 is 31.9 Å². The van der Waals surface area contributed by atoms with Crippen molar-refractivity contribution in [1.82, 2.24) is 0 Å². The molecule has 0 bridgehead atoms. The molecule has 4 heteroatoms. The minimum atomic E-state index is -0.0804. The molecule has 0 aliphatic heterocycles. The maximum atomic E-state index is 6.31. The first kappa shape index (κ1) is 14.6. The number of ether oxygens (including phenoxy) is 1. The van der Waals surface area contributed by atoms with Gasteiger partial charge in [-0.15, -0.1) is 0 Å². The number of benzene rings is 2. The van der Waals surface area contributed by atoms with Crippen molar-refractivity contribution in [3.63, 3.8) is 0 Å². The average molecular weight is 385 g/mol. The molecule has 2 rings (SSSR count). The van der Waals surface area contributed by atoms with E-state index in [0.29, 0.717) is 0 Å². The molecule has 1 unspecified atom stereocenters. The van der Waals surface area contributed by atoms with E-state index in [2.05, 4.69) is 31.9 Å². The van der Waals surface area contributed by atoms with Crippen LogP contribution in [0.3, 0.4) is 0 Å². The van der Waals surface area contributed by atoms with Crippen LogP contribution in [0.15, 0.2) is 51.4 Å². The van der Waals surface area contributed by atoms with Gasteiger partial charge >= 0.3 is 0 Å². The Morgan fingerprint density at radius 3 is 2.63 bits per heavy atom. The zero-order valence-electron chi connectivity index (χ0n) is 10.6. The molecule has 2 aromatic carbocycles. The Balaban J connectivity index is 2.25. The summed E-state index contributed by atoms with van der Waals surface area (Å²) in [5.41, 5.74) is 8.51. The normalized spacial score (nSPS) is 12.2. The summed E-state index contributed by atoms with van der Waals surface area (Å²) in [5, 5.41) is 0. The van der Waals surface area contributed by atoms with Crippen LogP contribution in [0.5, 0.6) is 5.75 Å². The van der Waals surface area contributed by atoms with Gasteiger partial charge in [-0.05, 0) is 41.8 Å². The Morgan fingerprint density at radius 2 is 1.89 bits per heavy atom. The van der Waals surface area contributed by atoms with Gasteiger partial charge in [-0.25, -0.2) is 0 Å². The van der Waals surface area contributed by atoms with Crippen LogP contribution < -0.4 is 10.5 Å². The van der Waals surface area contributed by atoms with E-state index >= 15 is 0 Å². The molecule has 0 fully saturated rings. The maximum Gasteiger partial charge on any atom is 0.122 e. The molecule has 0 radical (unpaired) electrons. The summed E-state index contributed by atoms with van der Waals surface area (Å²) in [6.45, 7) is 0. The molecule has 0 aliphatic carbocycles. The summed E-state index contributed by atoms with van der Waals surface area (Å²) in [6, 6.07) is 13.9. The van der Waals surface area contributed by atoms with Gasteiger partial charge in [0.05, 0.1) is 7.11 Å². The van der Waals surface area contributed by atoms with Crippen LogP contribution in [0.25, 0.3) is 0 Å². The zero-order valence-corrected chi connectivity index (χ0v) is 13.7. The van der Waals surface area contributed by atoms with Crippen LogP contribution in [0.2, 0.25) is 0 Å². The summed E-state index contributed by atoms with van der Waals surface area (Å²) in [6.07, 6.45) is 0.735. The van der Waals surface area contributed by atoms with E-state index < -0.39 is 0 Å². The highest BCUT2D eigenvalue weighted by atomic mass is 79.9. The Labute approximate surface area is 130 Å². The lowest BCUT2D eigenvalue weighted by Gasteiger charge is -2.16. The lowest BCUT2D eigenvalue weighted by molar-refractivity contribution is 0.408. The van der Waals surface area contributed by atoms with Crippen molar-refractivity contribution in [3.8, 4) is 5.75 Å². The summed E-state index contributed by atoms with van der Waals surface area (Å²) >= 11 is 7.03. The second-order valence-electron chi connectivity index (χ2n) is 4.29. The minimum absolute atomic E-state index is 0.0804. The third kappa shape index (κ3) is 3.59. The first-order chi connectivity index (χ1) is 9.11. The van der Waals surface area contributed by atoms with Gasteiger partial charge in [-0.2, -0.15) is 0 Å². The van der Waals surface area contributed by atoms with E-state index in [0.717, 1.165) is 32.2 Å². The Kier molecular flexibility index (Phi) is 5.02. The fourth-order valence-corrected chi connectivity index (χ4v) is 2.94. The first-order valence-corrected chi connectivity index (χ1v) is 7.53. The SMILES string of the molecule is COc1ccccc1CC(N)c1cc(Br)ccc1Br. The van der Waals surface area contributed by atoms with Crippen molar-refractivity contribution in [1.29, 1.82) is 0 Å². The lowest BCUT2D eigenvalue weighted by Crippen LogP contribution is -2.14. The highest BCUT2D eigenvalue weighted by molar-refractivity contribution is 9.11. The van der Waals surface area contributed by atoms with Gasteiger partial charge in [-0.1, -0.05) is 50.1 Å². The molecule has 1 atom stereocenters. The molecule has 2 aromatic rings. The van der Waals surface area contributed by atoms with Crippen LogP contribution in [0.1, 0.15) is 17.2 Å². The van der Waals surface area contributed by atoms with Gasteiger partial charge in [0, 0.05) is 15.0 Å². The minimum Gasteiger partial charge on any atom is -0.496 e. The van der Waals surface area contributed by atoms with E-state index in [1.807, 2.05) is 42.5 Å². The highest BCUT2D eigenvalue weighted by Gasteiger charge is 2.13. The van der Waals surface area contributed by atoms with Gasteiger partial charge in [0.15, 0.2) is 0 Å². The molecule has 100 valence electrons. The van der Waals surface area contributed by atoms with Crippen molar-refractivity contribution in [2.75, 3.05) is 7.11 Å². The van der Waals surface area contributed by atoms with Crippen LogP contribution in [-0.4, -0.2) is 7.11 Å². The number of para-hydroxylation sites is 1. The van der Waals surface area contributed by atoms with Crippen LogP contribution in [-0.2, 0) is 6.42 Å². The fourth-order valence-electron chi connectivity index (χ4n) is 2.02. The molecule has 0 saturated heterocycles. The fraction of sp³-hybridized carbons (Fsp3) is 0.200. The molecule has 0 saturated carbocycles. The van der Waals surface area contributed by atoms with Gasteiger partial charge < -0.3 is 10.5 Å². The van der Waals surface area contributed by atoms with Crippen molar-refractivity contribution in [3.05, 3.63) is 62.5 Å². The number of halogens is 2. The standard InChI is InChI=1S/C15H15Br2NO/c1-19-15-5-3-2-4-10(15)8-14(18)12-9-11(16)6-7-13(12)17/h2-7,9,14H,8,18H2,1H3. The third-order valence-electron chi connectivity index (χ3n) is 2.99. The molecule has 0 aliphatic rings. The summed E-state index contributed by atoms with van der Waals surface area (Å²) in [7, 11) is 1.68. The first-order valence-electron chi connectivity index (χ1n) is 5.94. The highest BCUT2D eigenvalue weighted by Crippen LogP contribution is 2.29. The van der Waals surface area contributed by atoms with Crippen molar-refractivity contribution in [2.24, 2.45) is 5.73 Å². The second kappa shape index (κ2) is 6.55. The number of nitrogens with two attached hydrogens (primary N) is 1. The molecule has 0 spiro atoms. The van der Waals surface area contributed by atoms with Gasteiger partial charge in [0.2, 0.25) is 0 Å². The second-order valence-corrected chi connectivity index (χ2v) is 6.06. The predicted octanol–water partition coefficient (Wildman–Crippen LogP) is 4.46. The zero-order chi connectivity index (χ0) is 13.8. The molecule has 0 amide bonds. The van der Waals surface area contributed by atoms with Crippen LogP contribution in [0, 0.1) is 0 Å².